The quantitative estimate of drug-likeness (QED) is 0.731. The van der Waals surface area contributed by atoms with E-state index in [2.05, 4.69) is 4.72 Å². The van der Waals surface area contributed by atoms with E-state index < -0.39 is 20.0 Å². The van der Waals surface area contributed by atoms with Crippen molar-refractivity contribution >= 4 is 25.7 Å². The molecule has 26 heavy (non-hydrogen) atoms. The van der Waals surface area contributed by atoms with E-state index in [0.717, 1.165) is 10.6 Å². The third-order valence-electron chi connectivity index (χ3n) is 3.74. The molecule has 0 aliphatic rings. The molecule has 2 aromatic carbocycles. The normalized spacial score (nSPS) is 12.0. The van der Waals surface area contributed by atoms with Gasteiger partial charge in [0.2, 0.25) is 20.0 Å². The zero-order valence-electron chi connectivity index (χ0n) is 14.8. The fraction of sp³-hybridized carbons (Fsp3) is 0.294. The molecule has 0 amide bonds. The van der Waals surface area contributed by atoms with E-state index in [1.54, 1.807) is 49.4 Å². The molecule has 0 aliphatic carbocycles. The summed E-state index contributed by atoms with van der Waals surface area (Å²) in [6.07, 6.45) is 1.06. The van der Waals surface area contributed by atoms with Gasteiger partial charge in [0.1, 0.15) is 5.75 Å². The van der Waals surface area contributed by atoms with Crippen LogP contribution in [0.4, 0.5) is 5.69 Å². The zero-order chi connectivity index (χ0) is 19.4. The number of sulfonamides is 2. The topological polar surface area (TPSA) is 92.8 Å². The van der Waals surface area contributed by atoms with E-state index in [-0.39, 0.29) is 18.0 Å². The number of aryl methyl sites for hydroxylation is 1. The molecule has 0 fully saturated rings. The van der Waals surface area contributed by atoms with Gasteiger partial charge in [-0.15, -0.1) is 0 Å². The molecule has 2 rings (SSSR count). The zero-order valence-corrected chi connectivity index (χ0v) is 16.5. The van der Waals surface area contributed by atoms with Gasteiger partial charge in [-0.3, -0.25) is 4.31 Å². The first-order chi connectivity index (χ1) is 12.2. The van der Waals surface area contributed by atoms with Crippen LogP contribution < -0.4 is 13.8 Å². The summed E-state index contributed by atoms with van der Waals surface area (Å²) >= 11 is 0. The summed E-state index contributed by atoms with van der Waals surface area (Å²) in [5, 5.41) is 0. The average Bonchev–Trinajstić information content (AvgIpc) is 2.58. The van der Waals surface area contributed by atoms with Crippen LogP contribution in [-0.2, 0) is 20.0 Å². The highest BCUT2D eigenvalue weighted by Gasteiger charge is 2.22. The Balaban J connectivity index is 2.20. The Morgan fingerprint density at radius 3 is 2.23 bits per heavy atom. The van der Waals surface area contributed by atoms with E-state index in [4.69, 9.17) is 4.74 Å². The predicted molar refractivity (Wildman–Crippen MR) is 102 cm³/mol. The van der Waals surface area contributed by atoms with Crippen LogP contribution in [0, 0.1) is 6.92 Å². The molecule has 2 aromatic rings. The number of methoxy groups -OCH3 is 1. The molecular weight excluding hydrogens is 376 g/mol. The van der Waals surface area contributed by atoms with Crippen LogP contribution in [-0.4, -0.2) is 43.3 Å². The second-order valence-corrected chi connectivity index (χ2v) is 9.31. The Labute approximate surface area is 154 Å². The number of hydrogen-bond acceptors (Lipinski definition) is 5. The van der Waals surface area contributed by atoms with Crippen molar-refractivity contribution in [1.29, 1.82) is 0 Å². The summed E-state index contributed by atoms with van der Waals surface area (Å²) < 4.78 is 58.0. The lowest BCUT2D eigenvalue weighted by Gasteiger charge is -2.24. The lowest BCUT2D eigenvalue weighted by atomic mass is 10.2. The monoisotopic (exact) mass is 398 g/mol. The second kappa shape index (κ2) is 8.07. The van der Waals surface area contributed by atoms with Gasteiger partial charge in [-0.2, -0.15) is 0 Å². The first-order valence-electron chi connectivity index (χ1n) is 7.83. The highest BCUT2D eigenvalue weighted by atomic mass is 32.2. The Morgan fingerprint density at radius 2 is 1.62 bits per heavy atom. The van der Waals surface area contributed by atoms with Crippen molar-refractivity contribution in [3.05, 3.63) is 54.1 Å². The highest BCUT2D eigenvalue weighted by Crippen LogP contribution is 2.29. The molecule has 0 bridgehead atoms. The van der Waals surface area contributed by atoms with Crippen molar-refractivity contribution in [2.45, 2.75) is 11.8 Å². The minimum absolute atomic E-state index is 0.0652. The van der Waals surface area contributed by atoms with Crippen LogP contribution in [0.1, 0.15) is 5.56 Å². The summed E-state index contributed by atoms with van der Waals surface area (Å²) in [5.74, 6) is 0.389. The maximum absolute atomic E-state index is 12.4. The van der Waals surface area contributed by atoms with E-state index in [1.807, 2.05) is 0 Å². The summed E-state index contributed by atoms with van der Waals surface area (Å²) in [7, 11) is -5.91. The molecule has 0 spiro atoms. The molecule has 1 N–H and O–H groups in total. The molecule has 0 saturated heterocycles. The number of nitrogens with one attached hydrogen (secondary N) is 1. The molecule has 0 aromatic heterocycles. The van der Waals surface area contributed by atoms with E-state index in [9.17, 15) is 16.8 Å². The molecule has 7 nitrogen and oxygen atoms in total. The summed E-state index contributed by atoms with van der Waals surface area (Å²) in [4.78, 5) is 0.170. The van der Waals surface area contributed by atoms with Gasteiger partial charge in [0.15, 0.2) is 0 Å². The summed E-state index contributed by atoms with van der Waals surface area (Å²) in [6.45, 7) is 1.55. The van der Waals surface area contributed by atoms with E-state index >= 15 is 0 Å². The largest absolute Gasteiger partial charge is 0.495 e. The molecule has 0 heterocycles. The summed E-state index contributed by atoms with van der Waals surface area (Å²) in [5.41, 5.74) is 0.970. The van der Waals surface area contributed by atoms with Gasteiger partial charge >= 0.3 is 0 Å². The van der Waals surface area contributed by atoms with Gasteiger partial charge in [-0.05, 0) is 30.7 Å². The average molecular weight is 399 g/mol. The number of hydrogen-bond donors (Lipinski definition) is 1. The van der Waals surface area contributed by atoms with Crippen LogP contribution in [0.3, 0.4) is 0 Å². The fourth-order valence-electron chi connectivity index (χ4n) is 2.52. The minimum atomic E-state index is -3.73. The van der Waals surface area contributed by atoms with Crippen molar-refractivity contribution in [2.24, 2.45) is 0 Å². The third-order valence-corrected chi connectivity index (χ3v) is 6.55. The minimum Gasteiger partial charge on any atom is -0.495 e. The van der Waals surface area contributed by atoms with Gasteiger partial charge in [0.25, 0.3) is 0 Å². The second-order valence-electron chi connectivity index (χ2n) is 5.67. The molecule has 0 saturated carbocycles. The van der Waals surface area contributed by atoms with Crippen LogP contribution in [0.2, 0.25) is 0 Å². The molecule has 9 heteroatoms. The van der Waals surface area contributed by atoms with Gasteiger partial charge in [0, 0.05) is 13.1 Å². The van der Waals surface area contributed by atoms with Crippen LogP contribution >= 0.6 is 0 Å². The predicted octanol–water partition coefficient (Wildman–Crippen LogP) is 1.75. The molecule has 0 unspecified atom stereocenters. The van der Waals surface area contributed by atoms with Crippen molar-refractivity contribution < 1.29 is 21.6 Å². The van der Waals surface area contributed by atoms with Gasteiger partial charge in [0.05, 0.1) is 23.9 Å². The van der Waals surface area contributed by atoms with Crippen LogP contribution in [0.25, 0.3) is 0 Å². The van der Waals surface area contributed by atoms with E-state index in [0.29, 0.717) is 17.0 Å². The van der Waals surface area contributed by atoms with Crippen molar-refractivity contribution in [3.63, 3.8) is 0 Å². The van der Waals surface area contributed by atoms with Crippen molar-refractivity contribution in [2.75, 3.05) is 30.8 Å². The lowest BCUT2D eigenvalue weighted by Crippen LogP contribution is -2.38. The summed E-state index contributed by atoms with van der Waals surface area (Å²) in [6, 6.07) is 13.3. The molecule has 0 atom stereocenters. The van der Waals surface area contributed by atoms with Gasteiger partial charge < -0.3 is 4.74 Å². The number of ether oxygens (including phenoxy) is 1. The number of benzene rings is 2. The number of para-hydroxylation sites is 2. The van der Waals surface area contributed by atoms with E-state index in [1.165, 1.54) is 13.2 Å². The maximum atomic E-state index is 12.4. The first kappa shape index (κ1) is 20.2. The maximum Gasteiger partial charge on any atom is 0.240 e. The Kier molecular flexibility index (Phi) is 6.27. The molecule has 0 radical (unpaired) electrons. The first-order valence-corrected chi connectivity index (χ1v) is 11.2. The standard InChI is InChI=1S/C17H22N2O5S2/c1-14-8-4-7-11-17(14)26(22,23)18-12-13-19(25(3,20)21)15-9-5-6-10-16(15)24-2/h4-11,18H,12-13H2,1-3H3. The highest BCUT2D eigenvalue weighted by molar-refractivity contribution is 7.92. The number of rotatable bonds is 8. The number of nitrogens with zero attached hydrogens (tertiary/aromatic N) is 1. The molecule has 0 aliphatic heterocycles. The fourth-order valence-corrected chi connectivity index (χ4v) is 4.71. The molecular formula is C17H22N2O5S2. The van der Waals surface area contributed by atoms with Crippen LogP contribution in [0.15, 0.2) is 53.4 Å². The smallest absolute Gasteiger partial charge is 0.240 e. The lowest BCUT2D eigenvalue weighted by molar-refractivity contribution is 0.415. The Hall–Kier alpha value is -2.10. The van der Waals surface area contributed by atoms with Crippen molar-refractivity contribution in [3.8, 4) is 5.75 Å². The molecule has 142 valence electrons. The van der Waals surface area contributed by atoms with Crippen molar-refractivity contribution in [1.82, 2.24) is 4.72 Å². The Morgan fingerprint density at radius 1 is 1.00 bits per heavy atom. The van der Waals surface area contributed by atoms with Gasteiger partial charge in [-0.25, -0.2) is 21.6 Å². The number of anilines is 1. The SMILES string of the molecule is COc1ccccc1N(CCNS(=O)(=O)c1ccccc1C)S(C)(=O)=O. The van der Waals surface area contributed by atoms with Gasteiger partial charge in [-0.1, -0.05) is 30.3 Å². The Bertz CT molecular complexity index is 972. The van der Waals surface area contributed by atoms with Crippen LogP contribution in [0.5, 0.6) is 5.75 Å². The third kappa shape index (κ3) is 4.75.